The summed E-state index contributed by atoms with van der Waals surface area (Å²) in [6.45, 7) is 5.77. The number of carbonyl (C=O) groups is 1. The highest BCUT2D eigenvalue weighted by molar-refractivity contribution is 5.71. The monoisotopic (exact) mass is 473 g/mol. The van der Waals surface area contributed by atoms with Crippen LogP contribution in [-0.4, -0.2) is 33.1 Å². The maximum Gasteiger partial charge on any atom is 0.306 e. The van der Waals surface area contributed by atoms with Gasteiger partial charge in [-0.15, -0.1) is 0 Å². The average molecular weight is 474 g/mol. The Bertz CT molecular complexity index is 1270. The lowest BCUT2D eigenvalue weighted by atomic mass is 9.82. The van der Waals surface area contributed by atoms with Crippen LogP contribution in [0.25, 0.3) is 11.3 Å². The zero-order valence-corrected chi connectivity index (χ0v) is 20.6. The van der Waals surface area contributed by atoms with E-state index >= 15 is 0 Å². The number of ether oxygens (including phenoxy) is 2. The number of fused-ring (bicyclic) bond motifs is 1. The third kappa shape index (κ3) is 4.59. The van der Waals surface area contributed by atoms with Crippen LogP contribution in [0.1, 0.15) is 66.3 Å². The van der Waals surface area contributed by atoms with Gasteiger partial charge in [0, 0.05) is 17.8 Å². The van der Waals surface area contributed by atoms with E-state index in [0.717, 1.165) is 70.8 Å². The molecule has 1 saturated carbocycles. The molecule has 7 nitrogen and oxygen atoms in total. The molecule has 1 aliphatic carbocycles. The van der Waals surface area contributed by atoms with Crippen LogP contribution in [0.5, 0.6) is 11.6 Å². The van der Waals surface area contributed by atoms with Gasteiger partial charge in [-0.1, -0.05) is 19.1 Å². The molecule has 182 valence electrons. The summed E-state index contributed by atoms with van der Waals surface area (Å²) < 4.78 is 11.7. The minimum absolute atomic E-state index is 0.0168. The van der Waals surface area contributed by atoms with Crippen molar-refractivity contribution in [2.75, 3.05) is 7.11 Å². The average Bonchev–Trinajstić information content (AvgIpc) is 3.69. The molecule has 0 spiro atoms. The Morgan fingerprint density at radius 2 is 1.94 bits per heavy atom. The number of carboxylic acid groups (broad SMARTS) is 1. The van der Waals surface area contributed by atoms with Gasteiger partial charge in [0.2, 0.25) is 5.88 Å². The first-order valence-electron chi connectivity index (χ1n) is 12.2. The summed E-state index contributed by atoms with van der Waals surface area (Å²) >= 11 is 0. The van der Waals surface area contributed by atoms with Crippen molar-refractivity contribution in [3.8, 4) is 22.9 Å². The molecule has 0 amide bonds. The second kappa shape index (κ2) is 9.29. The van der Waals surface area contributed by atoms with Crippen LogP contribution in [-0.2, 0) is 11.2 Å². The molecule has 2 unspecified atom stereocenters. The Hall–Kier alpha value is -3.48. The van der Waals surface area contributed by atoms with E-state index in [0.29, 0.717) is 11.8 Å². The molecule has 0 radical (unpaired) electrons. The Kier molecular flexibility index (Phi) is 6.17. The lowest BCUT2D eigenvalue weighted by Crippen LogP contribution is -2.22. The fraction of sp³-hybridized carbons (Fsp3) is 0.429. The zero-order valence-electron chi connectivity index (χ0n) is 20.6. The number of aromatic nitrogens is 3. The number of benzene rings is 1. The predicted molar refractivity (Wildman–Crippen MR) is 132 cm³/mol. The molecule has 35 heavy (non-hydrogen) atoms. The molecular formula is C28H31N3O4. The maximum absolute atomic E-state index is 11.7. The first kappa shape index (κ1) is 23.3. The van der Waals surface area contributed by atoms with Gasteiger partial charge in [0.1, 0.15) is 17.5 Å². The summed E-state index contributed by atoms with van der Waals surface area (Å²) in [6, 6.07) is 8.14. The SMILES string of the molecule is COc1cc(-c2cnc(C3CCc4ccc(C(C5CC5)[C@H](C)C(=O)O)cc4O3)c(C)n2)c(C)cn1. The second-order valence-corrected chi connectivity index (χ2v) is 9.77. The van der Waals surface area contributed by atoms with E-state index < -0.39 is 11.9 Å². The number of aliphatic carboxylic acids is 1. The summed E-state index contributed by atoms with van der Waals surface area (Å²) in [5, 5.41) is 9.64. The lowest BCUT2D eigenvalue weighted by Gasteiger charge is -2.28. The third-order valence-electron chi connectivity index (χ3n) is 7.33. The van der Waals surface area contributed by atoms with Gasteiger partial charge >= 0.3 is 5.97 Å². The summed E-state index contributed by atoms with van der Waals surface area (Å²) in [5.41, 5.74) is 6.60. The molecule has 1 aliphatic heterocycles. The number of nitrogens with zero attached hydrogens (tertiary/aromatic N) is 3. The Morgan fingerprint density at radius 3 is 2.63 bits per heavy atom. The molecule has 0 bridgehead atoms. The standard InChI is InChI=1S/C28H31N3O4/c1-15-13-29-25(34-4)12-21(15)22-14-30-27(17(3)31-22)23-10-9-18-5-8-20(11-24(18)35-23)26(19-6-7-19)16(2)28(32)33/h5,8,11-14,16,19,23,26H,6-7,9-10H2,1-4H3,(H,32,33)/t16-,23?,26?/m0/s1. The fourth-order valence-corrected chi connectivity index (χ4v) is 5.19. The zero-order chi connectivity index (χ0) is 24.7. The first-order valence-corrected chi connectivity index (χ1v) is 12.2. The molecule has 2 aliphatic rings. The normalized spacial score (nSPS) is 18.8. The Balaban J connectivity index is 1.41. The van der Waals surface area contributed by atoms with Crippen molar-refractivity contribution in [1.29, 1.82) is 0 Å². The summed E-state index contributed by atoms with van der Waals surface area (Å²) in [7, 11) is 1.60. The molecule has 0 saturated heterocycles. The number of rotatable bonds is 7. The first-order chi connectivity index (χ1) is 16.9. The fourth-order valence-electron chi connectivity index (χ4n) is 5.19. The highest BCUT2D eigenvalue weighted by atomic mass is 16.5. The molecular weight excluding hydrogens is 442 g/mol. The molecule has 3 atom stereocenters. The van der Waals surface area contributed by atoms with Crippen molar-refractivity contribution in [3.05, 3.63) is 64.7 Å². The predicted octanol–water partition coefficient (Wildman–Crippen LogP) is 5.44. The molecule has 7 heteroatoms. The van der Waals surface area contributed by atoms with Crippen LogP contribution < -0.4 is 9.47 Å². The van der Waals surface area contributed by atoms with Crippen LogP contribution in [0, 0.1) is 25.7 Å². The van der Waals surface area contributed by atoms with Gasteiger partial charge in [-0.25, -0.2) is 9.97 Å². The van der Waals surface area contributed by atoms with Gasteiger partial charge in [-0.3, -0.25) is 9.78 Å². The third-order valence-corrected chi connectivity index (χ3v) is 7.33. The molecule has 3 aromatic rings. The number of aryl methyl sites for hydroxylation is 3. The molecule has 2 aromatic heterocycles. The van der Waals surface area contributed by atoms with Gasteiger partial charge in [-0.05, 0) is 74.1 Å². The van der Waals surface area contributed by atoms with E-state index in [9.17, 15) is 9.90 Å². The number of hydrogen-bond acceptors (Lipinski definition) is 6. The maximum atomic E-state index is 11.7. The van der Waals surface area contributed by atoms with Crippen molar-refractivity contribution in [2.24, 2.45) is 11.8 Å². The smallest absolute Gasteiger partial charge is 0.306 e. The minimum atomic E-state index is -0.744. The van der Waals surface area contributed by atoms with Gasteiger partial charge < -0.3 is 14.6 Å². The van der Waals surface area contributed by atoms with Crippen LogP contribution in [0.3, 0.4) is 0 Å². The van der Waals surface area contributed by atoms with Crippen LogP contribution >= 0.6 is 0 Å². The molecule has 1 fully saturated rings. The summed E-state index contributed by atoms with van der Waals surface area (Å²) in [4.78, 5) is 25.6. The van der Waals surface area contributed by atoms with Crippen LogP contribution in [0.15, 0.2) is 36.7 Å². The van der Waals surface area contributed by atoms with Crippen molar-refractivity contribution in [2.45, 2.75) is 58.5 Å². The van der Waals surface area contributed by atoms with E-state index in [-0.39, 0.29) is 12.0 Å². The van der Waals surface area contributed by atoms with E-state index in [1.54, 1.807) is 19.5 Å². The lowest BCUT2D eigenvalue weighted by molar-refractivity contribution is -0.142. The van der Waals surface area contributed by atoms with Crippen molar-refractivity contribution in [1.82, 2.24) is 15.0 Å². The van der Waals surface area contributed by atoms with E-state index in [4.69, 9.17) is 19.4 Å². The number of carboxylic acids is 1. The number of hydrogen-bond donors (Lipinski definition) is 1. The van der Waals surface area contributed by atoms with Gasteiger partial charge in [0.05, 0.1) is 30.6 Å². The van der Waals surface area contributed by atoms with Crippen molar-refractivity contribution in [3.63, 3.8) is 0 Å². The highest BCUT2D eigenvalue weighted by Gasteiger charge is 2.39. The molecule has 5 rings (SSSR count). The highest BCUT2D eigenvalue weighted by Crippen LogP contribution is 2.48. The molecule has 1 N–H and O–H groups in total. The van der Waals surface area contributed by atoms with Gasteiger partial charge in [-0.2, -0.15) is 0 Å². The van der Waals surface area contributed by atoms with Gasteiger partial charge in [0.15, 0.2) is 0 Å². The van der Waals surface area contributed by atoms with Gasteiger partial charge in [0.25, 0.3) is 0 Å². The second-order valence-electron chi connectivity index (χ2n) is 9.77. The summed E-state index contributed by atoms with van der Waals surface area (Å²) in [6.07, 6.45) is 7.26. The Labute approximate surface area is 205 Å². The molecule has 1 aromatic carbocycles. The van der Waals surface area contributed by atoms with Crippen LogP contribution in [0.4, 0.5) is 0 Å². The van der Waals surface area contributed by atoms with Crippen molar-refractivity contribution < 1.29 is 19.4 Å². The van der Waals surface area contributed by atoms with E-state index in [2.05, 4.69) is 23.2 Å². The Morgan fingerprint density at radius 1 is 1.14 bits per heavy atom. The minimum Gasteiger partial charge on any atom is -0.484 e. The van der Waals surface area contributed by atoms with Crippen molar-refractivity contribution >= 4 is 5.97 Å². The number of methoxy groups -OCH3 is 1. The largest absolute Gasteiger partial charge is 0.484 e. The van der Waals surface area contributed by atoms with E-state index in [1.165, 1.54) is 0 Å². The number of pyridine rings is 1. The quantitative estimate of drug-likeness (QED) is 0.488. The van der Waals surface area contributed by atoms with Crippen LogP contribution in [0.2, 0.25) is 0 Å². The van der Waals surface area contributed by atoms with E-state index in [1.807, 2.05) is 26.8 Å². The molecule has 3 heterocycles. The summed E-state index contributed by atoms with van der Waals surface area (Å²) in [5.74, 6) is 0.667. The topological polar surface area (TPSA) is 94.4 Å².